The molecule has 0 aliphatic rings. The molecule has 1 unspecified atom stereocenters. The van der Waals surface area contributed by atoms with Crippen LogP contribution in [-0.2, 0) is 9.53 Å². The zero-order valence-corrected chi connectivity index (χ0v) is 13.4. The Hall–Kier alpha value is -1.99. The first kappa shape index (κ1) is 16.4. The molecule has 0 aliphatic carbocycles. The van der Waals surface area contributed by atoms with Crippen molar-refractivity contribution in [2.75, 3.05) is 18.3 Å². The molecule has 1 atom stereocenters. The van der Waals surface area contributed by atoms with Gasteiger partial charge in [0.15, 0.2) is 0 Å². The Morgan fingerprint density at radius 1 is 1.32 bits per heavy atom. The molecule has 1 aromatic heterocycles. The van der Waals surface area contributed by atoms with Gasteiger partial charge in [-0.25, -0.2) is 4.79 Å². The molecular formula is C15H15NO4S2. The van der Waals surface area contributed by atoms with Gasteiger partial charge in [0.2, 0.25) is 0 Å². The van der Waals surface area contributed by atoms with Crippen LogP contribution in [0.25, 0.3) is 0 Å². The van der Waals surface area contributed by atoms with E-state index in [0.29, 0.717) is 16.4 Å². The Labute approximate surface area is 136 Å². The zero-order chi connectivity index (χ0) is 15.9. The molecule has 0 spiro atoms. The van der Waals surface area contributed by atoms with Crippen molar-refractivity contribution >= 4 is 40.7 Å². The number of hydrogen-bond acceptors (Lipinski definition) is 6. The third-order valence-corrected chi connectivity index (χ3v) is 4.89. The van der Waals surface area contributed by atoms with Crippen LogP contribution in [-0.4, -0.2) is 30.0 Å². The molecule has 0 radical (unpaired) electrons. The number of thioether (sulfide) groups is 1. The van der Waals surface area contributed by atoms with Crippen LogP contribution in [0.2, 0.25) is 0 Å². The summed E-state index contributed by atoms with van der Waals surface area (Å²) in [7, 11) is 1.33. The van der Waals surface area contributed by atoms with Crippen LogP contribution in [0, 0.1) is 0 Å². The van der Waals surface area contributed by atoms with Crippen LogP contribution in [0.1, 0.15) is 20.5 Å². The summed E-state index contributed by atoms with van der Waals surface area (Å²) in [6, 6.07) is 10.8. The van der Waals surface area contributed by atoms with Gasteiger partial charge >= 0.3 is 11.9 Å². The van der Waals surface area contributed by atoms with E-state index < -0.39 is 17.2 Å². The van der Waals surface area contributed by atoms with Crippen LogP contribution in [0.15, 0.2) is 41.8 Å². The number of hydrogen-bond donors (Lipinski definition) is 2. The van der Waals surface area contributed by atoms with Crippen LogP contribution >= 0.6 is 23.1 Å². The lowest BCUT2D eigenvalue weighted by atomic mass is 10.1. The Morgan fingerprint density at radius 3 is 2.68 bits per heavy atom. The quantitative estimate of drug-likeness (QED) is 0.595. The number of carboxylic acid groups (broad SMARTS) is 1. The van der Waals surface area contributed by atoms with Gasteiger partial charge in [0.25, 0.3) is 0 Å². The van der Waals surface area contributed by atoms with Crippen LogP contribution in [0.4, 0.5) is 5.69 Å². The minimum Gasteiger partial charge on any atom is -0.480 e. The number of esters is 1. The van der Waals surface area contributed by atoms with E-state index in [1.165, 1.54) is 30.2 Å². The van der Waals surface area contributed by atoms with Crippen molar-refractivity contribution in [2.45, 2.75) is 5.25 Å². The predicted molar refractivity (Wildman–Crippen MR) is 88.6 cm³/mol. The monoisotopic (exact) mass is 337 g/mol. The highest BCUT2D eigenvalue weighted by atomic mass is 32.2. The minimum atomic E-state index is -0.892. The first-order valence-electron chi connectivity index (χ1n) is 6.42. The van der Waals surface area contributed by atoms with E-state index in [4.69, 9.17) is 4.74 Å². The number of carbonyl (C=O) groups is 2. The van der Waals surface area contributed by atoms with Gasteiger partial charge < -0.3 is 15.2 Å². The summed E-state index contributed by atoms with van der Waals surface area (Å²) in [5, 5.41) is 13.5. The van der Waals surface area contributed by atoms with Crippen molar-refractivity contribution in [3.8, 4) is 0 Å². The van der Waals surface area contributed by atoms with Gasteiger partial charge in [-0.2, -0.15) is 0 Å². The summed E-state index contributed by atoms with van der Waals surface area (Å²) in [4.78, 5) is 23.4. The van der Waals surface area contributed by atoms with Gasteiger partial charge in [-0.1, -0.05) is 30.3 Å². The number of anilines is 1. The van der Waals surface area contributed by atoms with Crippen molar-refractivity contribution < 1.29 is 19.4 Å². The number of benzene rings is 1. The topological polar surface area (TPSA) is 75.6 Å². The largest absolute Gasteiger partial charge is 0.480 e. The molecule has 22 heavy (non-hydrogen) atoms. The lowest BCUT2D eigenvalue weighted by Gasteiger charge is -2.13. The highest BCUT2D eigenvalue weighted by molar-refractivity contribution is 8.00. The van der Waals surface area contributed by atoms with E-state index in [1.54, 1.807) is 23.6 Å². The lowest BCUT2D eigenvalue weighted by Crippen LogP contribution is -2.11. The molecule has 0 saturated heterocycles. The summed E-state index contributed by atoms with van der Waals surface area (Å²) in [6.45, 7) is 0. The molecule has 7 heteroatoms. The van der Waals surface area contributed by atoms with Gasteiger partial charge in [0.1, 0.15) is 10.1 Å². The third-order valence-electron chi connectivity index (χ3n) is 2.88. The maximum Gasteiger partial charge on any atom is 0.350 e. The van der Waals surface area contributed by atoms with Gasteiger partial charge in [0.05, 0.1) is 18.7 Å². The standard InChI is InChI=1S/C15H15NO4S2/c1-20-15(19)13-11(7-8-21-13)16-9-22-12(14(17)18)10-5-3-2-4-6-10/h2-8,12,16H,9H2,1H3,(H,17,18). The van der Waals surface area contributed by atoms with E-state index in [0.717, 1.165) is 5.56 Å². The van der Waals surface area contributed by atoms with Crippen molar-refractivity contribution in [2.24, 2.45) is 0 Å². The number of ether oxygens (including phenoxy) is 1. The van der Waals surface area contributed by atoms with E-state index in [-0.39, 0.29) is 0 Å². The average molecular weight is 337 g/mol. The Morgan fingerprint density at radius 2 is 2.05 bits per heavy atom. The number of carboxylic acids is 1. The molecule has 2 aromatic rings. The van der Waals surface area contributed by atoms with Crippen molar-refractivity contribution in [3.63, 3.8) is 0 Å². The molecule has 5 nitrogen and oxygen atoms in total. The molecule has 0 aliphatic heterocycles. The summed E-state index contributed by atoms with van der Waals surface area (Å²) in [5.41, 5.74) is 1.39. The predicted octanol–water partition coefficient (Wildman–Crippen LogP) is 3.46. The third kappa shape index (κ3) is 4.02. The summed E-state index contributed by atoms with van der Waals surface area (Å²) < 4.78 is 4.70. The number of carbonyl (C=O) groups excluding carboxylic acids is 1. The molecular weight excluding hydrogens is 322 g/mol. The fourth-order valence-corrected chi connectivity index (χ4v) is 3.52. The molecule has 0 saturated carbocycles. The molecule has 0 bridgehead atoms. The SMILES string of the molecule is COC(=O)c1sccc1NCSC(C(=O)O)c1ccccc1. The van der Waals surface area contributed by atoms with Gasteiger partial charge in [-0.05, 0) is 17.0 Å². The molecule has 0 fully saturated rings. The smallest absolute Gasteiger partial charge is 0.350 e. The fraction of sp³-hybridized carbons (Fsp3) is 0.200. The second-order valence-electron chi connectivity index (χ2n) is 4.27. The highest BCUT2D eigenvalue weighted by Crippen LogP contribution is 2.30. The Bertz CT molecular complexity index is 642. The van der Waals surface area contributed by atoms with Crippen molar-refractivity contribution in [3.05, 3.63) is 52.2 Å². The first-order chi connectivity index (χ1) is 10.6. The molecule has 2 rings (SSSR count). The summed E-state index contributed by atoms with van der Waals surface area (Å²) in [5.74, 6) is -0.927. The Kier molecular flexibility index (Phi) is 5.85. The van der Waals surface area contributed by atoms with Crippen LogP contribution in [0.5, 0.6) is 0 Å². The number of nitrogens with one attached hydrogen (secondary N) is 1. The van der Waals surface area contributed by atoms with Crippen LogP contribution < -0.4 is 5.32 Å². The lowest BCUT2D eigenvalue weighted by molar-refractivity contribution is -0.136. The van der Waals surface area contributed by atoms with Crippen molar-refractivity contribution in [1.29, 1.82) is 0 Å². The number of thiophene rings is 1. The van der Waals surface area contributed by atoms with E-state index in [2.05, 4.69) is 5.32 Å². The molecule has 1 heterocycles. The second-order valence-corrected chi connectivity index (χ2v) is 6.28. The molecule has 2 N–H and O–H groups in total. The highest BCUT2D eigenvalue weighted by Gasteiger charge is 2.20. The van der Waals surface area contributed by atoms with E-state index in [1.807, 2.05) is 18.2 Å². The second kappa shape index (κ2) is 7.86. The van der Waals surface area contributed by atoms with E-state index >= 15 is 0 Å². The summed E-state index contributed by atoms with van der Waals surface area (Å²) in [6.07, 6.45) is 0. The van der Waals surface area contributed by atoms with Gasteiger partial charge in [-0.15, -0.1) is 23.1 Å². The maximum atomic E-state index is 11.6. The van der Waals surface area contributed by atoms with Gasteiger partial charge in [-0.3, -0.25) is 4.79 Å². The van der Waals surface area contributed by atoms with Gasteiger partial charge in [0, 0.05) is 0 Å². The van der Waals surface area contributed by atoms with E-state index in [9.17, 15) is 14.7 Å². The van der Waals surface area contributed by atoms with Crippen molar-refractivity contribution in [1.82, 2.24) is 0 Å². The first-order valence-corrected chi connectivity index (χ1v) is 8.35. The maximum absolute atomic E-state index is 11.6. The zero-order valence-electron chi connectivity index (χ0n) is 11.8. The summed E-state index contributed by atoms with van der Waals surface area (Å²) >= 11 is 2.53. The normalized spacial score (nSPS) is 11.7. The molecule has 116 valence electrons. The molecule has 0 amide bonds. The minimum absolute atomic E-state index is 0.368. The Balaban J connectivity index is 1.99. The van der Waals surface area contributed by atoms with Crippen LogP contribution in [0.3, 0.4) is 0 Å². The molecule has 1 aromatic carbocycles. The fourth-order valence-electron chi connectivity index (χ4n) is 1.84. The average Bonchev–Trinajstić information content (AvgIpc) is 2.99. The number of rotatable bonds is 7. The number of methoxy groups -OCH3 is 1. The number of aliphatic carboxylic acids is 1.